The number of carbonyl (C=O) groups excluding carboxylic acids is 1. The van der Waals surface area contributed by atoms with Crippen molar-refractivity contribution < 1.29 is 4.79 Å². The number of nitrogens with zero attached hydrogens (tertiary/aromatic N) is 1. The molecule has 0 radical (unpaired) electrons. The zero-order valence-electron chi connectivity index (χ0n) is 8.66. The number of rotatable bonds is 3. The predicted molar refractivity (Wildman–Crippen MR) is 54.9 cm³/mol. The molecule has 2 N–H and O–H groups in total. The summed E-state index contributed by atoms with van der Waals surface area (Å²) in [7, 11) is 0. The second-order valence-corrected chi connectivity index (χ2v) is 2.98. The molecule has 0 aromatic carbocycles. The van der Waals surface area contributed by atoms with Gasteiger partial charge in [0.05, 0.1) is 0 Å². The number of amides is 1. The quantitative estimate of drug-likeness (QED) is 0.709. The third-order valence-corrected chi connectivity index (χ3v) is 2.04. The highest BCUT2D eigenvalue weighted by molar-refractivity contribution is 5.92. The van der Waals surface area contributed by atoms with Gasteiger partial charge in [0.25, 0.3) is 11.5 Å². The van der Waals surface area contributed by atoms with Crippen molar-refractivity contribution in [2.24, 2.45) is 0 Å². The summed E-state index contributed by atoms with van der Waals surface area (Å²) in [5.74, 6) is -0.344. The Hall–Kier alpha value is -1.85. The Labute approximate surface area is 85.9 Å². The van der Waals surface area contributed by atoms with Crippen LogP contribution in [0.4, 0.5) is 0 Å². The molecule has 0 fully saturated rings. The monoisotopic (exact) mass is 211 g/mol. The SMILES string of the molecule is CCN(CC)C(=O)c1cc(=O)[nH]c(=O)[nH]1. The average Bonchev–Trinajstić information content (AvgIpc) is 2.18. The van der Waals surface area contributed by atoms with E-state index in [-0.39, 0.29) is 11.6 Å². The van der Waals surface area contributed by atoms with Gasteiger partial charge in [-0.15, -0.1) is 0 Å². The van der Waals surface area contributed by atoms with E-state index in [2.05, 4.69) is 4.98 Å². The van der Waals surface area contributed by atoms with Crippen LogP contribution in [0.1, 0.15) is 24.3 Å². The Morgan fingerprint density at radius 3 is 2.33 bits per heavy atom. The molecule has 6 nitrogen and oxygen atoms in total. The zero-order valence-corrected chi connectivity index (χ0v) is 8.66. The second-order valence-electron chi connectivity index (χ2n) is 2.98. The van der Waals surface area contributed by atoms with Crippen LogP contribution < -0.4 is 11.2 Å². The molecular formula is C9H13N3O3. The zero-order chi connectivity index (χ0) is 11.4. The highest BCUT2D eigenvalue weighted by Gasteiger charge is 2.13. The van der Waals surface area contributed by atoms with Crippen LogP contribution in [0.25, 0.3) is 0 Å². The fraction of sp³-hybridized carbons (Fsp3) is 0.444. The van der Waals surface area contributed by atoms with Crippen molar-refractivity contribution in [3.63, 3.8) is 0 Å². The Morgan fingerprint density at radius 1 is 1.27 bits per heavy atom. The Kier molecular flexibility index (Phi) is 3.43. The van der Waals surface area contributed by atoms with Crippen molar-refractivity contribution in [1.82, 2.24) is 14.9 Å². The van der Waals surface area contributed by atoms with Crippen molar-refractivity contribution in [2.75, 3.05) is 13.1 Å². The molecule has 0 spiro atoms. The Bertz CT molecular complexity index is 428. The van der Waals surface area contributed by atoms with Crippen molar-refractivity contribution >= 4 is 5.91 Å². The summed E-state index contributed by atoms with van der Waals surface area (Å²) >= 11 is 0. The highest BCUT2D eigenvalue weighted by atomic mass is 16.2. The van der Waals surface area contributed by atoms with Gasteiger partial charge in [0.15, 0.2) is 0 Å². The van der Waals surface area contributed by atoms with Gasteiger partial charge in [0.1, 0.15) is 5.69 Å². The average molecular weight is 211 g/mol. The lowest BCUT2D eigenvalue weighted by atomic mass is 10.3. The van der Waals surface area contributed by atoms with Gasteiger partial charge in [-0.25, -0.2) is 4.79 Å². The summed E-state index contributed by atoms with van der Waals surface area (Å²) < 4.78 is 0. The van der Waals surface area contributed by atoms with Crippen molar-refractivity contribution in [3.05, 3.63) is 32.6 Å². The van der Waals surface area contributed by atoms with E-state index in [4.69, 9.17) is 0 Å². The molecule has 82 valence electrons. The molecule has 15 heavy (non-hydrogen) atoms. The fourth-order valence-corrected chi connectivity index (χ4v) is 1.27. The Morgan fingerprint density at radius 2 is 1.87 bits per heavy atom. The summed E-state index contributed by atoms with van der Waals surface area (Å²) in [5.41, 5.74) is -1.22. The lowest BCUT2D eigenvalue weighted by Gasteiger charge is -2.17. The van der Waals surface area contributed by atoms with Crippen molar-refractivity contribution in [2.45, 2.75) is 13.8 Å². The summed E-state index contributed by atoms with van der Waals surface area (Å²) in [5, 5.41) is 0. The Balaban J connectivity index is 3.11. The molecule has 0 aliphatic carbocycles. The number of hydrogen-bond acceptors (Lipinski definition) is 3. The van der Waals surface area contributed by atoms with E-state index < -0.39 is 11.2 Å². The van der Waals surface area contributed by atoms with E-state index in [1.165, 1.54) is 4.90 Å². The largest absolute Gasteiger partial charge is 0.338 e. The van der Waals surface area contributed by atoms with Gasteiger partial charge < -0.3 is 9.88 Å². The van der Waals surface area contributed by atoms with Gasteiger partial charge in [0, 0.05) is 19.2 Å². The van der Waals surface area contributed by atoms with Crippen LogP contribution >= 0.6 is 0 Å². The number of nitrogens with one attached hydrogen (secondary N) is 2. The van der Waals surface area contributed by atoms with Gasteiger partial charge in [-0.3, -0.25) is 14.6 Å². The first-order valence-electron chi connectivity index (χ1n) is 4.71. The third-order valence-electron chi connectivity index (χ3n) is 2.04. The first-order chi connectivity index (χ1) is 7.08. The molecule has 0 unspecified atom stereocenters. The minimum absolute atomic E-state index is 0.0208. The summed E-state index contributed by atoms with van der Waals surface area (Å²) in [4.78, 5) is 39.4. The molecule has 1 heterocycles. The minimum atomic E-state index is -0.669. The molecule has 0 atom stereocenters. The lowest BCUT2D eigenvalue weighted by Crippen LogP contribution is -2.34. The molecule has 1 aromatic rings. The predicted octanol–water partition coefficient (Wildman–Crippen LogP) is -0.455. The first kappa shape index (κ1) is 11.2. The highest BCUT2D eigenvalue weighted by Crippen LogP contribution is 1.96. The molecule has 0 saturated heterocycles. The summed E-state index contributed by atoms with van der Waals surface area (Å²) in [6.45, 7) is 4.72. The van der Waals surface area contributed by atoms with Crippen LogP contribution in [-0.4, -0.2) is 33.9 Å². The molecule has 0 saturated carbocycles. The first-order valence-corrected chi connectivity index (χ1v) is 4.71. The van der Waals surface area contributed by atoms with Gasteiger partial charge in [0.2, 0.25) is 0 Å². The maximum absolute atomic E-state index is 11.7. The lowest BCUT2D eigenvalue weighted by molar-refractivity contribution is 0.0766. The fourth-order valence-electron chi connectivity index (χ4n) is 1.27. The number of carbonyl (C=O) groups is 1. The van der Waals surface area contributed by atoms with Crippen LogP contribution in [0.3, 0.4) is 0 Å². The van der Waals surface area contributed by atoms with Gasteiger partial charge >= 0.3 is 5.69 Å². The van der Waals surface area contributed by atoms with Gasteiger partial charge in [-0.05, 0) is 13.8 Å². The van der Waals surface area contributed by atoms with E-state index in [9.17, 15) is 14.4 Å². The maximum atomic E-state index is 11.7. The van der Waals surface area contributed by atoms with Gasteiger partial charge in [-0.1, -0.05) is 0 Å². The van der Waals surface area contributed by atoms with Crippen LogP contribution in [0, 0.1) is 0 Å². The van der Waals surface area contributed by atoms with E-state index in [0.717, 1.165) is 6.07 Å². The van der Waals surface area contributed by atoms with Crippen LogP contribution in [0.2, 0.25) is 0 Å². The molecule has 0 aliphatic rings. The van der Waals surface area contributed by atoms with E-state index in [1.807, 2.05) is 18.8 Å². The molecular weight excluding hydrogens is 198 g/mol. The van der Waals surface area contributed by atoms with Crippen LogP contribution in [-0.2, 0) is 0 Å². The minimum Gasteiger partial charge on any atom is -0.338 e. The number of hydrogen-bond donors (Lipinski definition) is 2. The van der Waals surface area contributed by atoms with E-state index in [1.54, 1.807) is 0 Å². The van der Waals surface area contributed by atoms with Crippen molar-refractivity contribution in [3.8, 4) is 0 Å². The maximum Gasteiger partial charge on any atom is 0.326 e. The smallest absolute Gasteiger partial charge is 0.326 e. The van der Waals surface area contributed by atoms with E-state index in [0.29, 0.717) is 13.1 Å². The number of aromatic nitrogens is 2. The summed E-state index contributed by atoms with van der Waals surface area (Å²) in [6, 6.07) is 1.09. The normalized spacial score (nSPS) is 10.0. The number of aromatic amines is 2. The second kappa shape index (κ2) is 4.59. The van der Waals surface area contributed by atoms with E-state index >= 15 is 0 Å². The van der Waals surface area contributed by atoms with Crippen LogP contribution in [0.5, 0.6) is 0 Å². The van der Waals surface area contributed by atoms with Gasteiger partial charge in [-0.2, -0.15) is 0 Å². The van der Waals surface area contributed by atoms with Crippen LogP contribution in [0.15, 0.2) is 15.7 Å². The number of H-pyrrole nitrogens is 2. The van der Waals surface area contributed by atoms with Crippen molar-refractivity contribution in [1.29, 1.82) is 0 Å². The molecule has 1 rings (SSSR count). The summed E-state index contributed by atoms with van der Waals surface area (Å²) in [6.07, 6.45) is 0. The third kappa shape index (κ3) is 2.55. The molecule has 0 bridgehead atoms. The molecule has 1 aromatic heterocycles. The topological polar surface area (TPSA) is 86.0 Å². The molecule has 6 heteroatoms. The molecule has 0 aliphatic heterocycles. The molecule has 1 amide bonds. The standard InChI is InChI=1S/C9H13N3O3/c1-3-12(4-2)8(14)6-5-7(13)11-9(15)10-6/h5H,3-4H2,1-2H3,(H2,10,11,13,15).